The van der Waals surface area contributed by atoms with Crippen LogP contribution in [0.15, 0.2) is 0 Å². The Hall–Kier alpha value is -2.87. The van der Waals surface area contributed by atoms with E-state index >= 15 is 0 Å². The Morgan fingerprint density at radius 3 is 1.76 bits per heavy atom. The van der Waals surface area contributed by atoms with E-state index in [0.29, 0.717) is 5.75 Å². The van der Waals surface area contributed by atoms with Gasteiger partial charge in [-0.3, -0.25) is 24.0 Å². The average molecular weight is 492 g/mol. The standard InChI is InChI=1S/C19H33N5O8S/c1-9(2)6-13(19(31)32)24-17(29)11(7-14(21)25)23-18(30)12(8-15(26)27)22-16(28)10(20)4-5-33-3/h9-13H,4-8,20H2,1-3H3,(H2,21,25)(H,22,28)(H,23,30)(H,24,29)(H,26,27)(H,31,32). The number of carbonyl (C=O) groups is 6. The molecule has 0 aromatic heterocycles. The van der Waals surface area contributed by atoms with Crippen LogP contribution in [-0.2, 0) is 28.8 Å². The zero-order chi connectivity index (χ0) is 25.7. The second-order valence-corrected chi connectivity index (χ2v) is 8.79. The molecular formula is C19H33N5O8S. The maximum atomic E-state index is 12.7. The zero-order valence-electron chi connectivity index (χ0n) is 18.8. The Kier molecular flexibility index (Phi) is 13.7. The van der Waals surface area contributed by atoms with E-state index < -0.39 is 72.6 Å². The van der Waals surface area contributed by atoms with Crippen molar-refractivity contribution < 1.29 is 39.0 Å². The highest BCUT2D eigenvalue weighted by Crippen LogP contribution is 2.07. The second-order valence-electron chi connectivity index (χ2n) is 7.81. The molecule has 0 fully saturated rings. The van der Waals surface area contributed by atoms with E-state index in [1.807, 2.05) is 6.26 Å². The molecule has 0 aliphatic rings. The summed E-state index contributed by atoms with van der Waals surface area (Å²) in [5.41, 5.74) is 10.9. The van der Waals surface area contributed by atoms with Crippen LogP contribution in [0.2, 0.25) is 0 Å². The SMILES string of the molecule is CSCCC(N)C(=O)NC(CC(=O)O)C(=O)NC(CC(N)=O)C(=O)NC(CC(C)C)C(=O)O. The van der Waals surface area contributed by atoms with Gasteiger partial charge in [0.25, 0.3) is 0 Å². The summed E-state index contributed by atoms with van der Waals surface area (Å²) in [6, 6.07) is -5.45. The largest absolute Gasteiger partial charge is 0.481 e. The van der Waals surface area contributed by atoms with Gasteiger partial charge in [0, 0.05) is 0 Å². The van der Waals surface area contributed by atoms with Crippen molar-refractivity contribution in [2.45, 2.75) is 63.7 Å². The number of nitrogens with one attached hydrogen (secondary N) is 3. The Morgan fingerprint density at radius 1 is 0.848 bits per heavy atom. The maximum Gasteiger partial charge on any atom is 0.326 e. The molecule has 0 aromatic carbocycles. The minimum Gasteiger partial charge on any atom is -0.481 e. The number of thioether (sulfide) groups is 1. The van der Waals surface area contributed by atoms with Crippen LogP contribution in [0.4, 0.5) is 0 Å². The number of amides is 4. The van der Waals surface area contributed by atoms with E-state index in [2.05, 4.69) is 16.0 Å². The summed E-state index contributed by atoms with van der Waals surface area (Å²) in [4.78, 5) is 71.5. The summed E-state index contributed by atoms with van der Waals surface area (Å²) in [5, 5.41) is 25.0. The van der Waals surface area contributed by atoms with Gasteiger partial charge in [0.15, 0.2) is 0 Å². The summed E-state index contributed by atoms with van der Waals surface area (Å²) < 4.78 is 0. The number of hydrogen-bond acceptors (Lipinski definition) is 8. The lowest BCUT2D eigenvalue weighted by atomic mass is 10.0. The maximum absolute atomic E-state index is 12.7. The fourth-order valence-electron chi connectivity index (χ4n) is 2.69. The van der Waals surface area contributed by atoms with Gasteiger partial charge >= 0.3 is 11.9 Å². The summed E-state index contributed by atoms with van der Waals surface area (Å²) in [5.74, 6) is -6.03. The smallest absolute Gasteiger partial charge is 0.326 e. The van der Waals surface area contributed by atoms with Crippen LogP contribution in [0.25, 0.3) is 0 Å². The predicted octanol–water partition coefficient (Wildman–Crippen LogP) is -2.00. The van der Waals surface area contributed by atoms with E-state index in [-0.39, 0.29) is 18.8 Å². The minimum atomic E-state index is -1.59. The average Bonchev–Trinajstić information content (AvgIpc) is 2.68. The Labute approximate surface area is 195 Å². The molecule has 33 heavy (non-hydrogen) atoms. The van der Waals surface area contributed by atoms with Gasteiger partial charge in [-0.15, -0.1) is 0 Å². The molecule has 0 radical (unpaired) electrons. The first-order valence-electron chi connectivity index (χ1n) is 10.2. The molecule has 0 heterocycles. The van der Waals surface area contributed by atoms with Gasteiger partial charge < -0.3 is 37.6 Å². The van der Waals surface area contributed by atoms with Crippen molar-refractivity contribution in [2.75, 3.05) is 12.0 Å². The summed E-state index contributed by atoms with van der Waals surface area (Å²) in [6.07, 6.45) is 0.693. The molecule has 0 aliphatic heterocycles. The van der Waals surface area contributed by atoms with Gasteiger partial charge in [-0.05, 0) is 30.8 Å². The molecule has 14 heteroatoms. The van der Waals surface area contributed by atoms with E-state index in [9.17, 15) is 33.9 Å². The molecule has 4 unspecified atom stereocenters. The molecule has 188 valence electrons. The lowest BCUT2D eigenvalue weighted by Crippen LogP contribution is -2.58. The zero-order valence-corrected chi connectivity index (χ0v) is 19.6. The first kappa shape index (κ1) is 30.1. The van der Waals surface area contributed by atoms with Crippen molar-refractivity contribution in [2.24, 2.45) is 17.4 Å². The number of rotatable bonds is 16. The molecule has 0 aliphatic carbocycles. The van der Waals surface area contributed by atoms with E-state index in [1.165, 1.54) is 11.8 Å². The van der Waals surface area contributed by atoms with Crippen molar-refractivity contribution in [1.82, 2.24) is 16.0 Å². The third-order valence-electron chi connectivity index (χ3n) is 4.34. The summed E-state index contributed by atoms with van der Waals surface area (Å²) >= 11 is 1.45. The van der Waals surface area contributed by atoms with Crippen molar-refractivity contribution in [1.29, 1.82) is 0 Å². The molecule has 0 spiro atoms. The predicted molar refractivity (Wildman–Crippen MR) is 120 cm³/mol. The number of hydrogen-bond donors (Lipinski definition) is 7. The fourth-order valence-corrected chi connectivity index (χ4v) is 3.18. The van der Waals surface area contributed by atoms with Crippen molar-refractivity contribution in [3.05, 3.63) is 0 Å². The highest BCUT2D eigenvalue weighted by atomic mass is 32.2. The van der Waals surface area contributed by atoms with Gasteiger partial charge in [0.2, 0.25) is 23.6 Å². The second kappa shape index (κ2) is 15.1. The van der Waals surface area contributed by atoms with Crippen LogP contribution in [0.3, 0.4) is 0 Å². The third-order valence-corrected chi connectivity index (χ3v) is 4.99. The Balaban J connectivity index is 5.50. The molecule has 0 bridgehead atoms. The Morgan fingerprint density at radius 2 is 1.33 bits per heavy atom. The minimum absolute atomic E-state index is 0.0824. The van der Waals surface area contributed by atoms with Crippen LogP contribution in [0, 0.1) is 5.92 Å². The van der Waals surface area contributed by atoms with Gasteiger partial charge in [-0.25, -0.2) is 4.79 Å². The first-order chi connectivity index (χ1) is 15.3. The van der Waals surface area contributed by atoms with Crippen LogP contribution in [0.5, 0.6) is 0 Å². The van der Waals surface area contributed by atoms with Gasteiger partial charge in [0.1, 0.15) is 18.1 Å². The van der Waals surface area contributed by atoms with E-state index in [4.69, 9.17) is 16.6 Å². The molecule has 13 nitrogen and oxygen atoms in total. The first-order valence-corrected chi connectivity index (χ1v) is 11.6. The third kappa shape index (κ3) is 12.7. The quantitative estimate of drug-likeness (QED) is 0.125. The van der Waals surface area contributed by atoms with Gasteiger partial charge in [-0.1, -0.05) is 13.8 Å². The molecule has 0 aromatic rings. The number of aliphatic carboxylic acids is 2. The normalized spacial score (nSPS) is 14.5. The van der Waals surface area contributed by atoms with E-state index in [0.717, 1.165) is 0 Å². The van der Waals surface area contributed by atoms with Crippen molar-refractivity contribution >= 4 is 47.3 Å². The van der Waals surface area contributed by atoms with Crippen LogP contribution in [0.1, 0.15) is 39.5 Å². The van der Waals surface area contributed by atoms with Gasteiger partial charge in [-0.2, -0.15) is 11.8 Å². The number of primary amides is 1. The molecular weight excluding hydrogens is 458 g/mol. The van der Waals surface area contributed by atoms with Crippen molar-refractivity contribution in [3.63, 3.8) is 0 Å². The summed E-state index contributed by atoms with van der Waals surface area (Å²) in [7, 11) is 0. The van der Waals surface area contributed by atoms with E-state index in [1.54, 1.807) is 13.8 Å². The highest BCUT2D eigenvalue weighted by molar-refractivity contribution is 7.98. The molecule has 9 N–H and O–H groups in total. The number of carboxylic acids is 2. The lowest BCUT2D eigenvalue weighted by Gasteiger charge is -2.24. The number of nitrogens with two attached hydrogens (primary N) is 2. The molecule has 0 saturated carbocycles. The fraction of sp³-hybridized carbons (Fsp3) is 0.684. The van der Waals surface area contributed by atoms with Crippen LogP contribution >= 0.6 is 11.8 Å². The summed E-state index contributed by atoms with van der Waals surface area (Å²) in [6.45, 7) is 3.49. The number of carbonyl (C=O) groups excluding carboxylic acids is 4. The number of carboxylic acid groups (broad SMARTS) is 2. The highest BCUT2D eigenvalue weighted by Gasteiger charge is 2.32. The molecule has 0 saturated heterocycles. The monoisotopic (exact) mass is 491 g/mol. The topological polar surface area (TPSA) is 231 Å². The Bertz CT molecular complexity index is 733. The van der Waals surface area contributed by atoms with Crippen molar-refractivity contribution in [3.8, 4) is 0 Å². The molecule has 0 rings (SSSR count). The lowest BCUT2D eigenvalue weighted by molar-refractivity contribution is -0.143. The van der Waals surface area contributed by atoms with Crippen LogP contribution < -0.4 is 27.4 Å². The molecule has 4 atom stereocenters. The van der Waals surface area contributed by atoms with Gasteiger partial charge in [0.05, 0.1) is 18.9 Å². The van der Waals surface area contributed by atoms with Crippen LogP contribution in [-0.4, -0.2) is 82.0 Å². The molecule has 4 amide bonds.